The molecule has 0 amide bonds. The van der Waals surface area contributed by atoms with Gasteiger partial charge >= 0.3 is 6.18 Å². The van der Waals surface area contributed by atoms with Crippen LogP contribution in [0.1, 0.15) is 103 Å². The molecular weight excluding hydrogens is 483 g/mol. The molecule has 1 N–H and O–H groups in total. The second kappa shape index (κ2) is 9.04. The van der Waals surface area contributed by atoms with E-state index in [2.05, 4.69) is 13.8 Å². The number of rotatable bonds is 2. The van der Waals surface area contributed by atoms with Crippen LogP contribution in [0.4, 0.5) is 13.2 Å². The summed E-state index contributed by atoms with van der Waals surface area (Å²) in [6.45, 7) is 6.69. The molecule has 1 aliphatic carbocycles. The number of pyridine rings is 1. The van der Waals surface area contributed by atoms with Crippen LogP contribution in [-0.4, -0.2) is 36.5 Å². The summed E-state index contributed by atoms with van der Waals surface area (Å²) < 4.78 is 58.3. The van der Waals surface area contributed by atoms with Crippen LogP contribution in [0.5, 0.6) is 0 Å². The predicted octanol–water partition coefficient (Wildman–Crippen LogP) is 6.13. The number of fused-ring (bicyclic) bond motifs is 4. The van der Waals surface area contributed by atoms with Crippen molar-refractivity contribution in [2.45, 2.75) is 82.3 Å². The highest BCUT2D eigenvalue weighted by Crippen LogP contribution is 2.58. The zero-order chi connectivity index (χ0) is 26.0. The monoisotopic (exact) mass is 517 g/mol. The molecule has 1 aromatic heterocycles. The van der Waals surface area contributed by atoms with Crippen LogP contribution >= 0.6 is 0 Å². The number of hydrogen-bond acceptors (Lipinski definition) is 5. The Labute approximate surface area is 215 Å². The van der Waals surface area contributed by atoms with Crippen molar-refractivity contribution in [2.24, 2.45) is 5.41 Å². The first-order valence-electron chi connectivity index (χ1n) is 13.3. The standard InChI is InChI=1S/C29H34F3NO4/c1-27(2)15-20-22(21(34)16-27)24-23(25(33-20)17-7-11-35-12-8-17)26(37-28(24)9-13-36-14-10-28)18-3-5-19(6-4-18)29(30,31)32/h3-6,17,21,26,34H,7-16H2,1-2H3. The molecule has 4 aliphatic rings. The highest BCUT2D eigenvalue weighted by molar-refractivity contribution is 5.54. The molecule has 3 aliphatic heterocycles. The third kappa shape index (κ3) is 4.40. The molecule has 0 saturated carbocycles. The fraction of sp³-hybridized carbons (Fsp3) is 0.621. The van der Waals surface area contributed by atoms with Crippen LogP contribution < -0.4 is 0 Å². The van der Waals surface area contributed by atoms with Gasteiger partial charge in [-0.1, -0.05) is 26.0 Å². The van der Waals surface area contributed by atoms with Gasteiger partial charge in [-0.2, -0.15) is 13.2 Å². The van der Waals surface area contributed by atoms with E-state index >= 15 is 0 Å². The molecule has 0 bridgehead atoms. The second-order valence-corrected chi connectivity index (χ2v) is 11.8. The Bertz CT molecular complexity index is 1170. The zero-order valence-electron chi connectivity index (χ0n) is 21.4. The third-order valence-electron chi connectivity index (χ3n) is 8.62. The first-order chi connectivity index (χ1) is 17.6. The Kier molecular flexibility index (Phi) is 6.18. The molecule has 5 nitrogen and oxygen atoms in total. The Balaban J connectivity index is 1.58. The number of aliphatic hydroxyl groups is 1. The van der Waals surface area contributed by atoms with Crippen molar-refractivity contribution in [2.75, 3.05) is 26.4 Å². The van der Waals surface area contributed by atoms with E-state index in [-0.39, 0.29) is 11.3 Å². The van der Waals surface area contributed by atoms with Crippen molar-refractivity contribution >= 4 is 0 Å². The van der Waals surface area contributed by atoms with E-state index in [4.69, 9.17) is 19.2 Å². The predicted molar refractivity (Wildman–Crippen MR) is 130 cm³/mol. The molecular formula is C29H34F3NO4. The first kappa shape index (κ1) is 25.3. The van der Waals surface area contributed by atoms with Crippen LogP contribution in [0.3, 0.4) is 0 Å². The van der Waals surface area contributed by atoms with E-state index in [0.29, 0.717) is 51.3 Å². The zero-order valence-corrected chi connectivity index (χ0v) is 21.4. The molecule has 1 aromatic carbocycles. The lowest BCUT2D eigenvalue weighted by atomic mass is 9.69. The first-order valence-corrected chi connectivity index (χ1v) is 13.3. The van der Waals surface area contributed by atoms with E-state index in [0.717, 1.165) is 59.5 Å². The average molecular weight is 518 g/mol. The number of nitrogens with zero attached hydrogens (tertiary/aromatic N) is 1. The van der Waals surface area contributed by atoms with E-state index < -0.39 is 29.5 Å². The molecule has 2 aromatic rings. The van der Waals surface area contributed by atoms with Crippen molar-refractivity contribution in [1.82, 2.24) is 4.98 Å². The lowest BCUT2D eigenvalue weighted by Crippen LogP contribution is -2.37. The van der Waals surface area contributed by atoms with Crippen LogP contribution in [0.25, 0.3) is 0 Å². The molecule has 2 unspecified atom stereocenters. The van der Waals surface area contributed by atoms with Gasteiger partial charge in [0.15, 0.2) is 0 Å². The Morgan fingerprint density at radius 3 is 2.24 bits per heavy atom. The van der Waals surface area contributed by atoms with E-state index in [1.54, 1.807) is 0 Å². The quantitative estimate of drug-likeness (QED) is 0.520. The third-order valence-corrected chi connectivity index (χ3v) is 8.62. The number of alkyl halides is 3. The summed E-state index contributed by atoms with van der Waals surface area (Å²) in [4.78, 5) is 5.26. The number of benzene rings is 1. The molecule has 2 atom stereocenters. The molecule has 2 fully saturated rings. The maximum absolute atomic E-state index is 13.3. The van der Waals surface area contributed by atoms with Crippen LogP contribution in [0.2, 0.25) is 0 Å². The van der Waals surface area contributed by atoms with Crippen molar-refractivity contribution < 1.29 is 32.5 Å². The number of aliphatic hydroxyl groups excluding tert-OH is 1. The molecule has 6 rings (SSSR count). The SMILES string of the molecule is CC1(C)Cc2nc(C3CCOCC3)c3c(c2C(O)C1)C1(CCOCC1)OC3c1ccc(C(F)(F)F)cc1. The van der Waals surface area contributed by atoms with Gasteiger partial charge in [-0.15, -0.1) is 0 Å². The largest absolute Gasteiger partial charge is 0.416 e. The van der Waals surface area contributed by atoms with Gasteiger partial charge in [0.1, 0.15) is 6.10 Å². The Hall–Kier alpha value is -2.00. The number of ether oxygens (including phenoxy) is 3. The van der Waals surface area contributed by atoms with Crippen molar-refractivity contribution in [3.8, 4) is 0 Å². The summed E-state index contributed by atoms with van der Waals surface area (Å²) in [5.74, 6) is 0.172. The molecule has 200 valence electrons. The smallest absolute Gasteiger partial charge is 0.388 e. The summed E-state index contributed by atoms with van der Waals surface area (Å²) in [5, 5.41) is 11.5. The van der Waals surface area contributed by atoms with Gasteiger partial charge in [0.25, 0.3) is 0 Å². The fourth-order valence-electron chi connectivity index (χ4n) is 6.86. The minimum atomic E-state index is -4.40. The molecule has 1 spiro atoms. The van der Waals surface area contributed by atoms with Gasteiger partial charge in [-0.3, -0.25) is 4.98 Å². The van der Waals surface area contributed by atoms with Gasteiger partial charge in [-0.25, -0.2) is 0 Å². The number of halogens is 3. The number of hydrogen-bond donors (Lipinski definition) is 1. The Morgan fingerprint density at radius 2 is 1.59 bits per heavy atom. The Morgan fingerprint density at radius 1 is 0.946 bits per heavy atom. The summed E-state index contributed by atoms with van der Waals surface area (Å²) in [6, 6.07) is 5.32. The topological polar surface area (TPSA) is 60.8 Å². The maximum atomic E-state index is 13.3. The van der Waals surface area contributed by atoms with Crippen molar-refractivity contribution in [1.29, 1.82) is 0 Å². The highest BCUT2D eigenvalue weighted by Gasteiger charge is 2.52. The summed E-state index contributed by atoms with van der Waals surface area (Å²) in [5.41, 5.74) is 4.01. The minimum Gasteiger partial charge on any atom is -0.388 e. The van der Waals surface area contributed by atoms with Crippen LogP contribution in [0.15, 0.2) is 24.3 Å². The van der Waals surface area contributed by atoms with Gasteiger partial charge < -0.3 is 19.3 Å². The lowest BCUT2D eigenvalue weighted by molar-refractivity contribution is -0.137. The number of aromatic nitrogens is 1. The van der Waals surface area contributed by atoms with Gasteiger partial charge in [0.05, 0.1) is 23.0 Å². The van der Waals surface area contributed by atoms with E-state index in [1.165, 1.54) is 12.1 Å². The van der Waals surface area contributed by atoms with Crippen LogP contribution in [-0.2, 0) is 32.4 Å². The van der Waals surface area contributed by atoms with E-state index in [9.17, 15) is 18.3 Å². The van der Waals surface area contributed by atoms with Gasteiger partial charge in [0, 0.05) is 62.0 Å². The van der Waals surface area contributed by atoms with Gasteiger partial charge in [-0.05, 0) is 54.4 Å². The fourth-order valence-corrected chi connectivity index (χ4v) is 6.86. The molecule has 0 radical (unpaired) electrons. The summed E-state index contributed by atoms with van der Waals surface area (Å²) >= 11 is 0. The summed E-state index contributed by atoms with van der Waals surface area (Å²) in [7, 11) is 0. The maximum Gasteiger partial charge on any atom is 0.416 e. The normalized spacial score (nSPS) is 27.2. The average Bonchev–Trinajstić information content (AvgIpc) is 3.17. The minimum absolute atomic E-state index is 0.0876. The highest BCUT2D eigenvalue weighted by atomic mass is 19.4. The second-order valence-electron chi connectivity index (χ2n) is 11.8. The molecule has 8 heteroatoms. The lowest BCUT2D eigenvalue weighted by Gasteiger charge is -2.40. The van der Waals surface area contributed by atoms with Gasteiger partial charge in [0.2, 0.25) is 0 Å². The molecule has 37 heavy (non-hydrogen) atoms. The van der Waals surface area contributed by atoms with Crippen molar-refractivity contribution in [3.63, 3.8) is 0 Å². The molecule has 2 saturated heterocycles. The summed E-state index contributed by atoms with van der Waals surface area (Å²) in [6.07, 6.45) is -1.29. The van der Waals surface area contributed by atoms with Crippen LogP contribution in [0, 0.1) is 5.41 Å². The molecule has 4 heterocycles. The van der Waals surface area contributed by atoms with Crippen molar-refractivity contribution in [3.05, 3.63) is 63.5 Å². The van der Waals surface area contributed by atoms with E-state index in [1.807, 2.05) is 0 Å².